The first-order valence-corrected chi connectivity index (χ1v) is 6.17. The number of hydrogen-bond acceptors (Lipinski definition) is 3. The van der Waals surface area contributed by atoms with E-state index in [9.17, 15) is 9.59 Å². The summed E-state index contributed by atoms with van der Waals surface area (Å²) in [6.07, 6.45) is 1.52. The fourth-order valence-corrected chi connectivity index (χ4v) is 2.19. The van der Waals surface area contributed by atoms with E-state index in [2.05, 4.69) is 0 Å². The third kappa shape index (κ3) is 2.53. The number of carbonyl (C=O) groups excluding carboxylic acids is 2. The molecule has 2 amide bonds. The lowest BCUT2D eigenvalue weighted by Gasteiger charge is -2.46. The first-order chi connectivity index (χ1) is 7.88. The molecule has 3 saturated heterocycles. The van der Waals surface area contributed by atoms with Crippen LogP contribution in [0.4, 0.5) is 4.79 Å². The summed E-state index contributed by atoms with van der Waals surface area (Å²) in [5, 5.41) is 0. The number of fused-ring (bicyclic) bond motifs is 4. The predicted molar refractivity (Wildman–Crippen MR) is 62.5 cm³/mol. The summed E-state index contributed by atoms with van der Waals surface area (Å²) in [7, 11) is 0. The zero-order valence-electron chi connectivity index (χ0n) is 10.7. The number of rotatable bonds is 0. The van der Waals surface area contributed by atoms with Gasteiger partial charge in [-0.3, -0.25) is 9.69 Å². The van der Waals surface area contributed by atoms with Gasteiger partial charge in [-0.15, -0.1) is 0 Å². The first kappa shape index (κ1) is 12.2. The van der Waals surface area contributed by atoms with Gasteiger partial charge in [0.15, 0.2) is 0 Å². The van der Waals surface area contributed by atoms with Gasteiger partial charge in [-0.1, -0.05) is 0 Å². The van der Waals surface area contributed by atoms with Crippen LogP contribution in [0.2, 0.25) is 0 Å². The zero-order chi connectivity index (χ0) is 12.6. The molecule has 0 aromatic rings. The maximum absolute atomic E-state index is 12.0. The summed E-state index contributed by atoms with van der Waals surface area (Å²) in [5.74, 6) is 0.0653. The van der Waals surface area contributed by atoms with Gasteiger partial charge in [0.25, 0.3) is 0 Å². The maximum Gasteiger partial charge on any atom is 0.411 e. The average molecular weight is 240 g/mol. The molecule has 96 valence electrons. The van der Waals surface area contributed by atoms with Crippen LogP contribution in [-0.2, 0) is 9.53 Å². The van der Waals surface area contributed by atoms with Gasteiger partial charge in [-0.2, -0.15) is 0 Å². The molecule has 2 bridgehead atoms. The molecule has 5 heteroatoms. The second-order valence-electron chi connectivity index (χ2n) is 5.68. The Bertz CT molecular complexity index is 335. The third-order valence-electron chi connectivity index (χ3n) is 3.07. The number of nitrogens with zero attached hydrogens (tertiary/aromatic N) is 2. The van der Waals surface area contributed by atoms with Crippen molar-refractivity contribution < 1.29 is 14.3 Å². The lowest BCUT2D eigenvalue weighted by Crippen LogP contribution is -2.66. The van der Waals surface area contributed by atoms with Crippen LogP contribution in [0.25, 0.3) is 0 Å². The molecule has 0 N–H and O–H groups in total. The first-order valence-electron chi connectivity index (χ1n) is 6.17. The van der Waals surface area contributed by atoms with Crippen molar-refractivity contribution in [1.29, 1.82) is 0 Å². The molecular formula is C12H20N2O3. The quantitative estimate of drug-likeness (QED) is 0.598. The molecule has 3 aliphatic rings. The Hall–Kier alpha value is -1.26. The molecule has 3 heterocycles. The van der Waals surface area contributed by atoms with Crippen molar-refractivity contribution in [3.05, 3.63) is 0 Å². The van der Waals surface area contributed by atoms with Gasteiger partial charge in [-0.25, -0.2) is 4.79 Å². The monoisotopic (exact) mass is 240 g/mol. The van der Waals surface area contributed by atoms with Crippen molar-refractivity contribution >= 4 is 12.0 Å². The Kier molecular flexibility index (Phi) is 3.02. The summed E-state index contributed by atoms with van der Waals surface area (Å²) >= 11 is 0. The molecule has 0 unspecified atom stereocenters. The summed E-state index contributed by atoms with van der Waals surface area (Å²) in [6.45, 7) is 7.63. The molecule has 0 radical (unpaired) electrons. The Labute approximate surface area is 102 Å². The van der Waals surface area contributed by atoms with Crippen molar-refractivity contribution in [2.45, 2.75) is 45.3 Å². The lowest BCUT2D eigenvalue weighted by molar-refractivity contribution is -0.151. The molecule has 0 aliphatic carbocycles. The van der Waals surface area contributed by atoms with E-state index in [1.165, 1.54) is 0 Å². The zero-order valence-corrected chi connectivity index (χ0v) is 10.7. The third-order valence-corrected chi connectivity index (χ3v) is 3.07. The Morgan fingerprint density at radius 3 is 2.53 bits per heavy atom. The van der Waals surface area contributed by atoms with Crippen LogP contribution in [0, 0.1) is 0 Å². The molecule has 0 spiro atoms. The number of hydrogen-bond donors (Lipinski definition) is 0. The van der Waals surface area contributed by atoms with Gasteiger partial charge in [0.05, 0.1) is 6.54 Å². The largest absolute Gasteiger partial charge is 0.444 e. The summed E-state index contributed by atoms with van der Waals surface area (Å²) < 4.78 is 5.33. The molecule has 3 fully saturated rings. The van der Waals surface area contributed by atoms with Crippen LogP contribution in [0.5, 0.6) is 0 Å². The van der Waals surface area contributed by atoms with E-state index >= 15 is 0 Å². The van der Waals surface area contributed by atoms with Crippen LogP contribution in [0.3, 0.4) is 0 Å². The highest BCUT2D eigenvalue weighted by Crippen LogP contribution is 2.23. The molecule has 1 atom stereocenters. The second kappa shape index (κ2) is 4.20. The number of amides is 2. The topological polar surface area (TPSA) is 49.9 Å². The minimum Gasteiger partial charge on any atom is -0.444 e. The molecule has 0 aromatic heterocycles. The van der Waals surface area contributed by atoms with E-state index in [-0.39, 0.29) is 18.0 Å². The van der Waals surface area contributed by atoms with Gasteiger partial charge in [0.2, 0.25) is 5.91 Å². The second-order valence-corrected chi connectivity index (χ2v) is 5.68. The Morgan fingerprint density at radius 1 is 1.29 bits per heavy atom. The molecule has 17 heavy (non-hydrogen) atoms. The van der Waals surface area contributed by atoms with Crippen molar-refractivity contribution in [2.75, 3.05) is 19.6 Å². The fraction of sp³-hybridized carbons (Fsp3) is 0.833. The van der Waals surface area contributed by atoms with E-state index < -0.39 is 5.60 Å². The number of β-lactam (4-membered cyclic amide) rings is 1. The van der Waals surface area contributed by atoms with Crippen LogP contribution in [0.15, 0.2) is 0 Å². The van der Waals surface area contributed by atoms with E-state index in [0.717, 1.165) is 19.4 Å². The number of ether oxygens (including phenoxy) is 1. The van der Waals surface area contributed by atoms with E-state index in [4.69, 9.17) is 4.74 Å². The Balaban J connectivity index is 2.03. The van der Waals surface area contributed by atoms with Gasteiger partial charge in [-0.05, 0) is 33.6 Å². The molecule has 5 nitrogen and oxygen atoms in total. The SMILES string of the molecule is CC(C)(C)OC(=O)N1CCCCN2C[C@H]1C2=O. The fourth-order valence-electron chi connectivity index (χ4n) is 2.19. The summed E-state index contributed by atoms with van der Waals surface area (Å²) in [4.78, 5) is 27.2. The van der Waals surface area contributed by atoms with Crippen molar-refractivity contribution in [2.24, 2.45) is 0 Å². The highest BCUT2D eigenvalue weighted by atomic mass is 16.6. The minimum absolute atomic E-state index is 0.0653. The maximum atomic E-state index is 12.0. The van der Waals surface area contributed by atoms with Gasteiger partial charge >= 0.3 is 6.09 Å². The number of carbonyl (C=O) groups is 2. The van der Waals surface area contributed by atoms with Gasteiger partial charge in [0, 0.05) is 13.1 Å². The van der Waals surface area contributed by atoms with E-state index in [1.54, 1.807) is 9.80 Å². The molecule has 3 aliphatic heterocycles. The van der Waals surface area contributed by atoms with Crippen LogP contribution in [0.1, 0.15) is 33.6 Å². The Morgan fingerprint density at radius 2 is 1.94 bits per heavy atom. The normalized spacial score (nSPS) is 24.9. The van der Waals surface area contributed by atoms with Crippen LogP contribution >= 0.6 is 0 Å². The van der Waals surface area contributed by atoms with Crippen LogP contribution in [-0.4, -0.2) is 53.1 Å². The van der Waals surface area contributed by atoms with Crippen molar-refractivity contribution in [1.82, 2.24) is 9.80 Å². The highest BCUT2D eigenvalue weighted by Gasteiger charge is 2.44. The molecular weight excluding hydrogens is 220 g/mol. The summed E-state index contributed by atoms with van der Waals surface area (Å²) in [6, 6.07) is -0.287. The summed E-state index contributed by atoms with van der Waals surface area (Å²) in [5.41, 5.74) is -0.508. The average Bonchev–Trinajstić information content (AvgIpc) is 2.12. The smallest absolute Gasteiger partial charge is 0.411 e. The van der Waals surface area contributed by atoms with Gasteiger partial charge < -0.3 is 9.64 Å². The van der Waals surface area contributed by atoms with Gasteiger partial charge in [0.1, 0.15) is 11.6 Å². The predicted octanol–water partition coefficient (Wildman–Crippen LogP) is 1.23. The molecule has 0 saturated carbocycles. The van der Waals surface area contributed by atoms with E-state index in [0.29, 0.717) is 13.1 Å². The minimum atomic E-state index is -0.508. The van der Waals surface area contributed by atoms with Crippen molar-refractivity contribution in [3.63, 3.8) is 0 Å². The van der Waals surface area contributed by atoms with Crippen LogP contribution < -0.4 is 0 Å². The lowest BCUT2D eigenvalue weighted by atomic mass is 10.0. The molecule has 0 aromatic carbocycles. The standard InChI is InChI=1S/C12H20N2O3/c1-12(2,3)17-11(16)14-7-5-4-6-13-8-9(14)10(13)15/h9H,4-8H2,1-3H3/t9-/m0/s1. The molecule has 3 rings (SSSR count). The van der Waals surface area contributed by atoms with Crippen molar-refractivity contribution in [3.8, 4) is 0 Å². The van der Waals surface area contributed by atoms with E-state index in [1.807, 2.05) is 20.8 Å². The highest BCUT2D eigenvalue weighted by molar-refractivity contribution is 5.91.